The molecular weight excluding hydrogens is 360 g/mol. The van der Waals surface area contributed by atoms with Crippen LogP contribution >= 0.6 is 15.9 Å². The summed E-state index contributed by atoms with van der Waals surface area (Å²) in [4.78, 5) is 13.0. The van der Waals surface area contributed by atoms with Gasteiger partial charge in [0.2, 0.25) is 10.0 Å². The fraction of sp³-hybridized carbons (Fsp3) is 0.462. The lowest BCUT2D eigenvalue weighted by Crippen LogP contribution is -2.34. The topological polar surface area (TPSA) is 77.9 Å². The Balaban J connectivity index is 2.31. The molecule has 1 atom stereocenters. The van der Waals surface area contributed by atoms with Crippen LogP contribution in [0.15, 0.2) is 27.6 Å². The quantitative estimate of drug-likeness (QED) is 0.860. The third-order valence-corrected chi connectivity index (χ3v) is 6.49. The zero-order valence-corrected chi connectivity index (χ0v) is 14.2. The number of hydrogen-bond donors (Lipinski definition) is 1. The van der Waals surface area contributed by atoms with Crippen LogP contribution < -0.4 is 0 Å². The Kier molecular flexibility index (Phi) is 4.72. The molecule has 0 saturated carbocycles. The second-order valence-electron chi connectivity index (χ2n) is 5.22. The van der Waals surface area contributed by atoms with Gasteiger partial charge in [0.1, 0.15) is 0 Å². The highest BCUT2D eigenvalue weighted by Crippen LogP contribution is 2.29. The van der Waals surface area contributed by atoms with E-state index in [9.17, 15) is 13.2 Å². The molecule has 1 aliphatic rings. The van der Waals surface area contributed by atoms with Gasteiger partial charge in [-0.3, -0.25) is 0 Å². The molecule has 0 aromatic heterocycles. The first kappa shape index (κ1) is 16.4. The summed E-state index contributed by atoms with van der Waals surface area (Å²) < 4.78 is 27.0. The highest BCUT2D eigenvalue weighted by Gasteiger charge is 2.34. The van der Waals surface area contributed by atoms with E-state index in [2.05, 4.69) is 15.9 Å². The van der Waals surface area contributed by atoms with Gasteiger partial charge >= 0.3 is 5.97 Å². The maximum atomic E-state index is 12.6. The van der Waals surface area contributed by atoms with Crippen molar-refractivity contribution in [3.8, 4) is 0 Å². The van der Waals surface area contributed by atoms with E-state index in [1.165, 1.54) is 22.5 Å². The molecule has 1 unspecified atom stereocenters. The van der Waals surface area contributed by atoms with Crippen molar-refractivity contribution in [1.82, 2.24) is 9.21 Å². The number of rotatable bonds is 4. The summed E-state index contributed by atoms with van der Waals surface area (Å²) in [7, 11) is 0.246. The molecule has 0 bridgehead atoms. The van der Waals surface area contributed by atoms with Crippen LogP contribution in [0.2, 0.25) is 0 Å². The van der Waals surface area contributed by atoms with Crippen molar-refractivity contribution >= 4 is 31.9 Å². The van der Waals surface area contributed by atoms with Gasteiger partial charge < -0.3 is 10.0 Å². The lowest BCUT2D eigenvalue weighted by atomic mass is 10.2. The molecule has 1 aromatic carbocycles. The lowest BCUT2D eigenvalue weighted by molar-refractivity contribution is 0.0696. The first-order chi connectivity index (χ1) is 9.73. The van der Waals surface area contributed by atoms with Crippen LogP contribution in [0.25, 0.3) is 0 Å². The van der Waals surface area contributed by atoms with Crippen molar-refractivity contribution in [3.63, 3.8) is 0 Å². The number of likely N-dealkylation sites (N-methyl/N-ethyl adjacent to an activating group) is 1. The van der Waals surface area contributed by atoms with Crippen molar-refractivity contribution < 1.29 is 18.3 Å². The second kappa shape index (κ2) is 6.04. The predicted octanol–water partition coefficient (Wildman–Crippen LogP) is 1.47. The number of hydrogen-bond acceptors (Lipinski definition) is 4. The molecule has 0 spiro atoms. The van der Waals surface area contributed by atoms with Gasteiger partial charge in [0, 0.05) is 23.6 Å². The van der Waals surface area contributed by atoms with Crippen molar-refractivity contribution in [2.75, 3.05) is 27.2 Å². The maximum absolute atomic E-state index is 12.6. The van der Waals surface area contributed by atoms with E-state index in [-0.39, 0.29) is 21.0 Å². The molecule has 21 heavy (non-hydrogen) atoms. The van der Waals surface area contributed by atoms with Crippen molar-refractivity contribution in [2.45, 2.75) is 17.4 Å². The number of carbonyl (C=O) groups is 1. The van der Waals surface area contributed by atoms with E-state index in [1.807, 2.05) is 19.0 Å². The Hall–Kier alpha value is -0.960. The van der Waals surface area contributed by atoms with Gasteiger partial charge in [-0.15, -0.1) is 0 Å². The molecule has 0 amide bonds. The fourth-order valence-electron chi connectivity index (χ4n) is 2.33. The Morgan fingerprint density at radius 2 is 2.10 bits per heavy atom. The summed E-state index contributed by atoms with van der Waals surface area (Å²) >= 11 is 3.16. The van der Waals surface area contributed by atoms with Gasteiger partial charge in [0.25, 0.3) is 0 Å². The molecule has 2 rings (SSSR count). The second-order valence-corrected chi connectivity index (χ2v) is 7.98. The molecule has 1 aromatic rings. The zero-order valence-electron chi connectivity index (χ0n) is 11.8. The normalized spacial score (nSPS) is 20.1. The van der Waals surface area contributed by atoms with Crippen LogP contribution in [0.3, 0.4) is 0 Å². The van der Waals surface area contributed by atoms with Crippen molar-refractivity contribution in [1.29, 1.82) is 0 Å². The van der Waals surface area contributed by atoms with Gasteiger partial charge in [-0.25, -0.2) is 13.2 Å². The molecule has 1 N–H and O–H groups in total. The van der Waals surface area contributed by atoms with E-state index in [4.69, 9.17) is 5.11 Å². The number of benzene rings is 1. The van der Waals surface area contributed by atoms with Gasteiger partial charge in [-0.2, -0.15) is 4.31 Å². The minimum atomic E-state index is -3.61. The number of halogens is 1. The van der Waals surface area contributed by atoms with Crippen LogP contribution in [0, 0.1) is 0 Å². The van der Waals surface area contributed by atoms with Gasteiger partial charge in [-0.05, 0) is 54.6 Å². The number of carboxylic acid groups (broad SMARTS) is 1. The molecule has 1 saturated heterocycles. The third-order valence-electron chi connectivity index (χ3n) is 3.65. The highest BCUT2D eigenvalue weighted by molar-refractivity contribution is 9.10. The molecule has 1 fully saturated rings. The summed E-state index contributed by atoms with van der Waals surface area (Å²) in [6, 6.07) is 4.16. The SMILES string of the molecule is CN(C)C1CCN(S(=O)(=O)c2ccc(C(=O)O)cc2Br)C1. The summed E-state index contributed by atoms with van der Waals surface area (Å²) in [5, 5.41) is 8.92. The summed E-state index contributed by atoms with van der Waals surface area (Å²) in [5.74, 6) is -1.09. The molecule has 1 aliphatic heterocycles. The van der Waals surface area contributed by atoms with E-state index >= 15 is 0 Å². The Bertz CT molecular complexity index is 660. The number of carboxylic acids is 1. The van der Waals surface area contributed by atoms with Gasteiger partial charge in [0.15, 0.2) is 0 Å². The monoisotopic (exact) mass is 376 g/mol. The fourth-order valence-corrected chi connectivity index (χ4v) is 4.86. The molecule has 6 nitrogen and oxygen atoms in total. The van der Waals surface area contributed by atoms with Crippen LogP contribution in [0.4, 0.5) is 0 Å². The maximum Gasteiger partial charge on any atom is 0.335 e. The van der Waals surface area contributed by atoms with Crippen LogP contribution in [0.5, 0.6) is 0 Å². The number of sulfonamides is 1. The molecule has 0 aliphatic carbocycles. The van der Waals surface area contributed by atoms with E-state index in [1.54, 1.807) is 0 Å². The number of nitrogens with zero attached hydrogens (tertiary/aromatic N) is 2. The van der Waals surface area contributed by atoms with Gasteiger partial charge in [-0.1, -0.05) is 0 Å². The average molecular weight is 377 g/mol. The Morgan fingerprint density at radius 1 is 1.43 bits per heavy atom. The Morgan fingerprint density at radius 3 is 2.57 bits per heavy atom. The zero-order chi connectivity index (χ0) is 15.8. The minimum absolute atomic E-state index is 0.0495. The first-order valence-electron chi connectivity index (χ1n) is 6.43. The first-order valence-corrected chi connectivity index (χ1v) is 8.66. The largest absolute Gasteiger partial charge is 0.478 e. The average Bonchev–Trinajstić information content (AvgIpc) is 2.88. The molecule has 8 heteroatoms. The van der Waals surface area contributed by atoms with E-state index in [0.29, 0.717) is 13.1 Å². The smallest absolute Gasteiger partial charge is 0.335 e. The molecule has 116 valence electrons. The van der Waals surface area contributed by atoms with E-state index < -0.39 is 16.0 Å². The minimum Gasteiger partial charge on any atom is -0.478 e. The third kappa shape index (κ3) is 3.28. The van der Waals surface area contributed by atoms with Crippen LogP contribution in [-0.4, -0.2) is 61.9 Å². The predicted molar refractivity (Wildman–Crippen MR) is 82.0 cm³/mol. The van der Waals surface area contributed by atoms with E-state index in [0.717, 1.165) is 6.42 Å². The van der Waals surface area contributed by atoms with Crippen LogP contribution in [0.1, 0.15) is 16.8 Å². The summed E-state index contributed by atoms with van der Waals surface area (Å²) in [6.07, 6.45) is 0.789. The number of aromatic carboxylic acids is 1. The standard InChI is InChI=1S/C13H17BrN2O4S/c1-15(2)10-5-6-16(8-10)21(19,20)12-4-3-9(13(17)18)7-11(12)14/h3-4,7,10H,5-6,8H2,1-2H3,(H,17,18). The van der Waals surface area contributed by atoms with Crippen molar-refractivity contribution in [3.05, 3.63) is 28.2 Å². The van der Waals surface area contributed by atoms with Gasteiger partial charge in [0.05, 0.1) is 10.5 Å². The lowest BCUT2D eigenvalue weighted by Gasteiger charge is -2.20. The molecule has 0 radical (unpaired) electrons. The van der Waals surface area contributed by atoms with Crippen LogP contribution in [-0.2, 0) is 10.0 Å². The summed E-state index contributed by atoms with van der Waals surface area (Å²) in [6.45, 7) is 0.917. The Labute approximate surface area is 132 Å². The molecular formula is C13H17BrN2O4S. The summed E-state index contributed by atoms with van der Waals surface area (Å²) in [5.41, 5.74) is 0.0495. The highest BCUT2D eigenvalue weighted by atomic mass is 79.9. The van der Waals surface area contributed by atoms with Crippen molar-refractivity contribution in [2.24, 2.45) is 0 Å². The molecule has 1 heterocycles.